The summed E-state index contributed by atoms with van der Waals surface area (Å²) in [6.07, 6.45) is 1.67. The Bertz CT molecular complexity index is 676. The fourth-order valence-corrected chi connectivity index (χ4v) is 2.79. The molecule has 2 N–H and O–H groups in total. The standard InChI is InChI=1S/C13H10N2OS/c14-10-6-7-11-15(8-10)13(16)12(17-11)9-4-2-1-3-5-9/h1-8H,14H2. The monoisotopic (exact) mass is 242 g/mol. The lowest BCUT2D eigenvalue weighted by molar-refractivity contribution is -0.579. The number of pyridine rings is 1. The van der Waals surface area contributed by atoms with Gasteiger partial charge in [-0.2, -0.15) is 4.40 Å². The number of nitrogens with two attached hydrogens (primary N) is 1. The van der Waals surface area contributed by atoms with Gasteiger partial charge in [0.15, 0.2) is 12.1 Å². The molecule has 0 bridgehead atoms. The second-order valence-corrected chi connectivity index (χ2v) is 4.80. The third kappa shape index (κ3) is 1.62. The Morgan fingerprint density at radius 3 is 2.59 bits per heavy atom. The molecule has 3 aromatic rings. The van der Waals surface area contributed by atoms with Gasteiger partial charge >= 0.3 is 0 Å². The lowest BCUT2D eigenvalue weighted by atomic mass is 10.2. The minimum absolute atomic E-state index is 0.0106. The first-order valence-corrected chi connectivity index (χ1v) is 6.03. The predicted octanol–water partition coefficient (Wildman–Crippen LogP) is 1.81. The lowest BCUT2D eigenvalue weighted by Gasteiger charge is -2.00. The number of fused-ring (bicyclic) bond motifs is 1. The summed E-state index contributed by atoms with van der Waals surface area (Å²) in [7, 11) is 0. The van der Waals surface area contributed by atoms with E-state index in [1.165, 1.54) is 11.3 Å². The molecule has 0 aliphatic carbocycles. The first kappa shape index (κ1) is 10.1. The van der Waals surface area contributed by atoms with Crippen molar-refractivity contribution in [2.24, 2.45) is 0 Å². The van der Waals surface area contributed by atoms with E-state index in [1.807, 2.05) is 36.4 Å². The number of aromatic nitrogens is 1. The Morgan fingerprint density at radius 2 is 1.82 bits per heavy atom. The number of hydrogen-bond donors (Lipinski definition) is 1. The summed E-state index contributed by atoms with van der Waals surface area (Å²) in [6, 6.07) is 13.3. The van der Waals surface area contributed by atoms with Crippen LogP contribution in [0, 0.1) is 0 Å². The molecule has 17 heavy (non-hydrogen) atoms. The largest absolute Gasteiger partial charge is 0.822 e. The number of rotatable bonds is 1. The predicted molar refractivity (Wildman–Crippen MR) is 66.8 cm³/mol. The Labute approximate surface area is 102 Å². The molecule has 0 saturated carbocycles. The molecule has 0 spiro atoms. The lowest BCUT2D eigenvalue weighted by Crippen LogP contribution is -2.23. The summed E-state index contributed by atoms with van der Waals surface area (Å²) < 4.78 is 1.60. The summed E-state index contributed by atoms with van der Waals surface area (Å²) in [6.45, 7) is 0. The zero-order valence-electron chi connectivity index (χ0n) is 8.96. The second-order valence-electron chi connectivity index (χ2n) is 3.77. The van der Waals surface area contributed by atoms with Crippen molar-refractivity contribution in [2.45, 2.75) is 0 Å². The topological polar surface area (TPSA) is 53.2 Å². The van der Waals surface area contributed by atoms with Crippen molar-refractivity contribution in [3.8, 4) is 16.3 Å². The minimum Gasteiger partial charge on any atom is -0.822 e. The van der Waals surface area contributed by atoms with E-state index in [1.54, 1.807) is 16.7 Å². The van der Waals surface area contributed by atoms with Crippen LogP contribution in [0.4, 0.5) is 5.69 Å². The van der Waals surface area contributed by atoms with Crippen LogP contribution in [-0.2, 0) is 0 Å². The molecule has 0 aliphatic rings. The van der Waals surface area contributed by atoms with Gasteiger partial charge in [-0.05, 0) is 11.6 Å². The van der Waals surface area contributed by atoms with Gasteiger partial charge in [0.25, 0.3) is 4.83 Å². The van der Waals surface area contributed by atoms with E-state index >= 15 is 0 Å². The maximum Gasteiger partial charge on any atom is 0.267 e. The zero-order valence-corrected chi connectivity index (χ0v) is 9.78. The van der Waals surface area contributed by atoms with Crippen molar-refractivity contribution in [1.82, 2.24) is 0 Å². The van der Waals surface area contributed by atoms with Crippen molar-refractivity contribution in [3.05, 3.63) is 48.7 Å². The molecule has 0 fully saturated rings. The number of nitrogens with zero attached hydrogens (tertiary/aromatic N) is 1. The summed E-state index contributed by atoms with van der Waals surface area (Å²) in [5.74, 6) is -0.0106. The fraction of sp³-hybridized carbons (Fsp3) is 0. The number of benzene rings is 1. The highest BCUT2D eigenvalue weighted by Gasteiger charge is 2.14. The van der Waals surface area contributed by atoms with Crippen LogP contribution >= 0.6 is 11.3 Å². The molecule has 0 amide bonds. The average molecular weight is 242 g/mol. The van der Waals surface area contributed by atoms with Crippen molar-refractivity contribution in [1.29, 1.82) is 0 Å². The average Bonchev–Trinajstić information content (AvgIpc) is 2.68. The summed E-state index contributed by atoms with van der Waals surface area (Å²) in [5.41, 5.74) is 7.23. The van der Waals surface area contributed by atoms with Crippen LogP contribution in [0.2, 0.25) is 0 Å². The fourth-order valence-electron chi connectivity index (χ4n) is 1.77. The van der Waals surface area contributed by atoms with Gasteiger partial charge in [-0.1, -0.05) is 41.7 Å². The maximum atomic E-state index is 12.2. The number of anilines is 1. The molecule has 0 radical (unpaired) electrons. The van der Waals surface area contributed by atoms with E-state index < -0.39 is 0 Å². The normalized spacial score (nSPS) is 10.8. The Kier molecular flexibility index (Phi) is 2.23. The van der Waals surface area contributed by atoms with Crippen LogP contribution in [0.25, 0.3) is 15.3 Å². The van der Waals surface area contributed by atoms with Gasteiger partial charge in [0.2, 0.25) is 0 Å². The van der Waals surface area contributed by atoms with E-state index in [4.69, 9.17) is 5.73 Å². The third-order valence-corrected chi connectivity index (χ3v) is 3.75. The first-order valence-electron chi connectivity index (χ1n) is 5.22. The van der Waals surface area contributed by atoms with Gasteiger partial charge in [0.1, 0.15) is 0 Å². The smallest absolute Gasteiger partial charge is 0.267 e. The van der Waals surface area contributed by atoms with Gasteiger partial charge in [0.05, 0.1) is 10.6 Å². The van der Waals surface area contributed by atoms with Crippen molar-refractivity contribution in [3.63, 3.8) is 0 Å². The van der Waals surface area contributed by atoms with Gasteiger partial charge in [-0.3, -0.25) is 0 Å². The summed E-state index contributed by atoms with van der Waals surface area (Å²) >= 11 is 1.48. The van der Waals surface area contributed by atoms with Crippen LogP contribution in [0.3, 0.4) is 0 Å². The van der Waals surface area contributed by atoms with Crippen LogP contribution in [0.1, 0.15) is 0 Å². The minimum atomic E-state index is -0.0106. The van der Waals surface area contributed by atoms with Crippen LogP contribution < -0.4 is 15.2 Å². The van der Waals surface area contributed by atoms with Crippen LogP contribution in [0.15, 0.2) is 48.7 Å². The van der Waals surface area contributed by atoms with Crippen molar-refractivity contribution < 1.29 is 9.51 Å². The highest BCUT2D eigenvalue weighted by Crippen LogP contribution is 2.32. The number of hydrogen-bond acceptors (Lipinski definition) is 3. The molecule has 4 heteroatoms. The zero-order chi connectivity index (χ0) is 11.8. The van der Waals surface area contributed by atoms with E-state index in [9.17, 15) is 5.11 Å². The molecule has 0 unspecified atom stereocenters. The van der Waals surface area contributed by atoms with Crippen LogP contribution in [-0.4, -0.2) is 0 Å². The maximum absolute atomic E-state index is 12.2. The molecule has 84 valence electrons. The SMILES string of the molecule is Nc1ccc2sc(-c3ccccc3)c([O-])[n+]2c1. The number of thiazole rings is 1. The molecule has 2 aromatic heterocycles. The quantitative estimate of drug-likeness (QED) is 0.662. The Morgan fingerprint density at radius 1 is 1.06 bits per heavy atom. The molecular weight excluding hydrogens is 232 g/mol. The highest BCUT2D eigenvalue weighted by molar-refractivity contribution is 7.20. The van der Waals surface area contributed by atoms with E-state index in [-0.39, 0.29) is 5.88 Å². The molecule has 1 aromatic carbocycles. The van der Waals surface area contributed by atoms with Gasteiger partial charge in [-0.15, -0.1) is 0 Å². The van der Waals surface area contributed by atoms with Crippen LogP contribution in [0.5, 0.6) is 5.88 Å². The third-order valence-electron chi connectivity index (χ3n) is 2.59. The van der Waals surface area contributed by atoms with E-state index in [2.05, 4.69) is 0 Å². The van der Waals surface area contributed by atoms with Gasteiger partial charge < -0.3 is 10.8 Å². The molecule has 0 aliphatic heterocycles. The Balaban J connectivity index is 2.28. The first-order chi connectivity index (χ1) is 8.25. The summed E-state index contributed by atoms with van der Waals surface area (Å²) in [4.78, 5) is 1.65. The highest BCUT2D eigenvalue weighted by atomic mass is 32.1. The van der Waals surface area contributed by atoms with Crippen molar-refractivity contribution in [2.75, 3.05) is 5.73 Å². The second kappa shape index (κ2) is 3.75. The van der Waals surface area contributed by atoms with Crippen molar-refractivity contribution >= 4 is 21.9 Å². The molecular formula is C13H10N2OS. The van der Waals surface area contributed by atoms with E-state index in [0.29, 0.717) is 5.69 Å². The molecule has 0 saturated heterocycles. The molecule has 2 heterocycles. The molecule has 3 rings (SSSR count). The van der Waals surface area contributed by atoms with Gasteiger partial charge in [-0.25, -0.2) is 0 Å². The Hall–Kier alpha value is -2.07. The number of nitrogen functional groups attached to an aromatic ring is 1. The van der Waals surface area contributed by atoms with E-state index in [0.717, 1.165) is 15.3 Å². The molecule has 3 nitrogen and oxygen atoms in total. The molecule has 0 atom stereocenters. The summed E-state index contributed by atoms with van der Waals surface area (Å²) in [5, 5.41) is 12.2. The van der Waals surface area contributed by atoms with Gasteiger partial charge in [0, 0.05) is 6.07 Å².